The van der Waals surface area contributed by atoms with E-state index in [1.165, 1.54) is 18.3 Å². The molecular weight excluding hydrogens is 258 g/mol. The van der Waals surface area contributed by atoms with Crippen LogP contribution in [-0.2, 0) is 0 Å². The van der Waals surface area contributed by atoms with Crippen molar-refractivity contribution >= 4 is 0 Å². The lowest BCUT2D eigenvalue weighted by molar-refractivity contribution is 0.516. The Balaban J connectivity index is 2.41. The van der Waals surface area contributed by atoms with Crippen LogP contribution in [0.2, 0.25) is 0 Å². The standard InChI is InChI=1S/C16H18F2N2/c1-10(2)20-16(15-7-5-13(17)9-19-15)12-4-6-14(18)11(3)8-12/h4-10,16,20H,1-3H3. The van der Waals surface area contributed by atoms with E-state index in [0.717, 1.165) is 5.56 Å². The normalized spacial score (nSPS) is 12.7. The summed E-state index contributed by atoms with van der Waals surface area (Å²) in [7, 11) is 0. The van der Waals surface area contributed by atoms with Crippen LogP contribution >= 0.6 is 0 Å². The third kappa shape index (κ3) is 3.39. The number of hydrogen-bond acceptors (Lipinski definition) is 2. The van der Waals surface area contributed by atoms with Crippen molar-refractivity contribution in [2.75, 3.05) is 0 Å². The first-order valence-corrected chi connectivity index (χ1v) is 6.61. The number of nitrogens with one attached hydrogen (secondary N) is 1. The zero-order chi connectivity index (χ0) is 14.7. The molecule has 0 fully saturated rings. The molecule has 1 unspecified atom stereocenters. The lowest BCUT2D eigenvalue weighted by Gasteiger charge is -2.22. The van der Waals surface area contributed by atoms with Gasteiger partial charge in [0.25, 0.3) is 0 Å². The van der Waals surface area contributed by atoms with Gasteiger partial charge in [-0.05, 0) is 50.1 Å². The van der Waals surface area contributed by atoms with Crippen molar-refractivity contribution in [2.45, 2.75) is 32.9 Å². The molecule has 2 aromatic rings. The monoisotopic (exact) mass is 276 g/mol. The van der Waals surface area contributed by atoms with E-state index in [-0.39, 0.29) is 23.7 Å². The summed E-state index contributed by atoms with van der Waals surface area (Å²) < 4.78 is 26.4. The van der Waals surface area contributed by atoms with Crippen molar-refractivity contribution in [3.05, 3.63) is 65.0 Å². The SMILES string of the molecule is Cc1cc(C(NC(C)C)c2ccc(F)cn2)ccc1F. The maximum Gasteiger partial charge on any atom is 0.141 e. The van der Waals surface area contributed by atoms with Crippen molar-refractivity contribution in [1.82, 2.24) is 10.3 Å². The van der Waals surface area contributed by atoms with Gasteiger partial charge in [-0.25, -0.2) is 8.78 Å². The fourth-order valence-corrected chi connectivity index (χ4v) is 2.09. The summed E-state index contributed by atoms with van der Waals surface area (Å²) in [4.78, 5) is 4.13. The molecule has 1 aromatic carbocycles. The highest BCUT2D eigenvalue weighted by Gasteiger charge is 2.17. The second kappa shape index (κ2) is 6.09. The summed E-state index contributed by atoms with van der Waals surface area (Å²) in [6.45, 7) is 5.77. The highest BCUT2D eigenvalue weighted by atomic mass is 19.1. The van der Waals surface area contributed by atoms with Crippen molar-refractivity contribution in [3.63, 3.8) is 0 Å². The van der Waals surface area contributed by atoms with Crippen LogP contribution in [0.4, 0.5) is 8.78 Å². The molecule has 4 heteroatoms. The molecule has 0 aliphatic heterocycles. The topological polar surface area (TPSA) is 24.9 Å². The predicted molar refractivity (Wildman–Crippen MR) is 75.4 cm³/mol. The largest absolute Gasteiger partial charge is 0.303 e. The second-order valence-electron chi connectivity index (χ2n) is 5.16. The Morgan fingerprint density at radius 3 is 2.40 bits per heavy atom. The number of nitrogens with zero attached hydrogens (tertiary/aromatic N) is 1. The minimum atomic E-state index is -0.368. The third-order valence-corrected chi connectivity index (χ3v) is 3.06. The fourth-order valence-electron chi connectivity index (χ4n) is 2.09. The van der Waals surface area contributed by atoms with Gasteiger partial charge < -0.3 is 5.32 Å². The molecule has 20 heavy (non-hydrogen) atoms. The predicted octanol–water partition coefficient (Wildman–Crippen LogP) is 3.76. The summed E-state index contributed by atoms with van der Waals surface area (Å²) >= 11 is 0. The van der Waals surface area contributed by atoms with Gasteiger partial charge in [0.2, 0.25) is 0 Å². The summed E-state index contributed by atoms with van der Waals surface area (Å²) in [5.41, 5.74) is 2.21. The van der Waals surface area contributed by atoms with Crippen LogP contribution in [0.25, 0.3) is 0 Å². The highest BCUT2D eigenvalue weighted by Crippen LogP contribution is 2.23. The number of hydrogen-bond donors (Lipinski definition) is 1. The number of pyridine rings is 1. The zero-order valence-corrected chi connectivity index (χ0v) is 11.8. The summed E-state index contributed by atoms with van der Waals surface area (Å²) in [5.74, 6) is -0.601. The van der Waals surface area contributed by atoms with Crippen LogP contribution in [0.1, 0.15) is 36.7 Å². The summed E-state index contributed by atoms with van der Waals surface area (Å²) in [6, 6.07) is 8.03. The number of aromatic nitrogens is 1. The Bertz CT molecular complexity index is 580. The Morgan fingerprint density at radius 2 is 1.85 bits per heavy atom. The van der Waals surface area contributed by atoms with Gasteiger partial charge in [0.05, 0.1) is 17.9 Å². The maximum absolute atomic E-state index is 13.4. The molecule has 1 N–H and O–H groups in total. The summed E-state index contributed by atoms with van der Waals surface area (Å²) in [6.07, 6.45) is 1.20. The van der Waals surface area contributed by atoms with Crippen LogP contribution in [0.15, 0.2) is 36.5 Å². The lowest BCUT2D eigenvalue weighted by atomic mass is 10.00. The van der Waals surface area contributed by atoms with Crippen LogP contribution in [-0.4, -0.2) is 11.0 Å². The molecule has 0 aliphatic rings. The molecule has 2 nitrogen and oxygen atoms in total. The van der Waals surface area contributed by atoms with Gasteiger partial charge in [-0.1, -0.05) is 12.1 Å². The maximum atomic E-state index is 13.4. The molecule has 106 valence electrons. The average Bonchev–Trinajstić information content (AvgIpc) is 2.40. The van der Waals surface area contributed by atoms with E-state index < -0.39 is 0 Å². The van der Waals surface area contributed by atoms with E-state index >= 15 is 0 Å². The third-order valence-electron chi connectivity index (χ3n) is 3.06. The van der Waals surface area contributed by atoms with Crippen LogP contribution in [0.5, 0.6) is 0 Å². The van der Waals surface area contributed by atoms with E-state index in [4.69, 9.17) is 0 Å². The molecule has 0 saturated carbocycles. The molecule has 0 bridgehead atoms. The molecule has 1 heterocycles. The minimum absolute atomic E-state index is 0.185. The molecule has 0 spiro atoms. The molecule has 0 saturated heterocycles. The van der Waals surface area contributed by atoms with Gasteiger partial charge in [-0.15, -0.1) is 0 Å². The first kappa shape index (κ1) is 14.6. The molecule has 0 radical (unpaired) electrons. The van der Waals surface area contributed by atoms with Gasteiger partial charge in [0, 0.05) is 6.04 Å². The van der Waals surface area contributed by atoms with Crippen LogP contribution in [0.3, 0.4) is 0 Å². The quantitative estimate of drug-likeness (QED) is 0.919. The van der Waals surface area contributed by atoms with Crippen molar-refractivity contribution < 1.29 is 8.78 Å². The van der Waals surface area contributed by atoms with E-state index in [1.807, 2.05) is 13.8 Å². The molecule has 0 aliphatic carbocycles. The lowest BCUT2D eigenvalue weighted by Crippen LogP contribution is -2.29. The van der Waals surface area contributed by atoms with Gasteiger partial charge >= 0.3 is 0 Å². The molecule has 2 rings (SSSR count). The van der Waals surface area contributed by atoms with E-state index in [9.17, 15) is 8.78 Å². The Morgan fingerprint density at radius 1 is 1.10 bits per heavy atom. The highest BCUT2D eigenvalue weighted by molar-refractivity contribution is 5.32. The number of benzene rings is 1. The van der Waals surface area contributed by atoms with Gasteiger partial charge in [0.15, 0.2) is 0 Å². The Kier molecular flexibility index (Phi) is 4.45. The van der Waals surface area contributed by atoms with Gasteiger partial charge in [-0.2, -0.15) is 0 Å². The first-order chi connectivity index (χ1) is 9.47. The Labute approximate surface area is 117 Å². The summed E-state index contributed by atoms with van der Waals surface area (Å²) in [5, 5.41) is 3.37. The van der Waals surface area contributed by atoms with E-state index in [0.29, 0.717) is 11.3 Å². The van der Waals surface area contributed by atoms with E-state index in [1.54, 1.807) is 25.1 Å². The van der Waals surface area contributed by atoms with Gasteiger partial charge in [0.1, 0.15) is 11.6 Å². The fraction of sp³-hybridized carbons (Fsp3) is 0.312. The van der Waals surface area contributed by atoms with Gasteiger partial charge in [-0.3, -0.25) is 4.98 Å². The molecule has 0 amide bonds. The zero-order valence-electron chi connectivity index (χ0n) is 11.8. The van der Waals surface area contributed by atoms with Crippen LogP contribution in [0, 0.1) is 18.6 Å². The Hall–Kier alpha value is -1.81. The van der Waals surface area contributed by atoms with Crippen molar-refractivity contribution in [3.8, 4) is 0 Å². The molecule has 1 atom stereocenters. The van der Waals surface area contributed by atoms with Crippen LogP contribution < -0.4 is 5.32 Å². The van der Waals surface area contributed by atoms with Crippen molar-refractivity contribution in [1.29, 1.82) is 0 Å². The molecule has 1 aromatic heterocycles. The van der Waals surface area contributed by atoms with Crippen molar-refractivity contribution in [2.24, 2.45) is 0 Å². The van der Waals surface area contributed by atoms with E-state index in [2.05, 4.69) is 10.3 Å². The molecular formula is C16H18F2N2. The number of halogens is 2. The second-order valence-corrected chi connectivity index (χ2v) is 5.16. The number of rotatable bonds is 4. The average molecular weight is 276 g/mol. The smallest absolute Gasteiger partial charge is 0.141 e. The minimum Gasteiger partial charge on any atom is -0.303 e. The first-order valence-electron chi connectivity index (χ1n) is 6.61. The number of aryl methyl sites for hydroxylation is 1.